The Bertz CT molecular complexity index is 1150. The smallest absolute Gasteiger partial charge is 0.278 e. The van der Waals surface area contributed by atoms with Crippen molar-refractivity contribution in [3.63, 3.8) is 0 Å². The highest BCUT2D eigenvalue weighted by Gasteiger charge is 2.14. The van der Waals surface area contributed by atoms with E-state index in [1.807, 2.05) is 30.3 Å². The molecule has 0 aliphatic heterocycles. The first-order chi connectivity index (χ1) is 14.5. The maximum atomic E-state index is 12.1. The number of aryl methyl sites for hydroxylation is 1. The molecule has 0 radical (unpaired) electrons. The predicted octanol–water partition coefficient (Wildman–Crippen LogP) is 2.80. The number of hydrazone groups is 1. The summed E-state index contributed by atoms with van der Waals surface area (Å²) in [5, 5.41) is 25.1. The van der Waals surface area contributed by atoms with Crippen molar-refractivity contribution in [2.24, 2.45) is 5.10 Å². The predicted molar refractivity (Wildman–Crippen MR) is 111 cm³/mol. The Morgan fingerprint density at radius 1 is 1.33 bits per heavy atom. The Morgan fingerprint density at radius 2 is 2.13 bits per heavy atom. The van der Waals surface area contributed by atoms with Gasteiger partial charge in [0.05, 0.1) is 12.8 Å². The van der Waals surface area contributed by atoms with Gasteiger partial charge in [0.25, 0.3) is 5.91 Å². The van der Waals surface area contributed by atoms with Gasteiger partial charge < -0.3 is 14.6 Å². The summed E-state index contributed by atoms with van der Waals surface area (Å²) in [6, 6.07) is 14.6. The minimum absolute atomic E-state index is 0.0521. The zero-order chi connectivity index (χ0) is 21.5. The summed E-state index contributed by atoms with van der Waals surface area (Å²) in [6.45, 7) is 1.61. The monoisotopic (exact) mass is 404 g/mol. The maximum Gasteiger partial charge on any atom is 0.278 e. The number of fused-ring (bicyclic) bond motifs is 1. The van der Waals surface area contributed by atoms with Crippen LogP contribution in [-0.4, -0.2) is 35.9 Å². The summed E-state index contributed by atoms with van der Waals surface area (Å²) in [4.78, 5) is 16.3. The number of phenols is 1. The van der Waals surface area contributed by atoms with Crippen LogP contribution in [0.5, 0.6) is 11.6 Å². The number of nitrogens with one attached hydrogen (secondary N) is 1. The number of hydrogen-bond donors (Lipinski definition) is 2. The van der Waals surface area contributed by atoms with Gasteiger partial charge >= 0.3 is 0 Å². The number of benzene rings is 2. The van der Waals surface area contributed by atoms with Gasteiger partial charge in [-0.2, -0.15) is 10.4 Å². The molecule has 0 bridgehead atoms. The number of carbonyl (C=O) groups is 1. The van der Waals surface area contributed by atoms with E-state index in [0.717, 1.165) is 10.8 Å². The molecule has 0 fully saturated rings. The number of carbonyl (C=O) groups excluding carboxylic acids is 1. The number of hydrogen-bond acceptors (Lipinski definition) is 7. The quantitative estimate of drug-likeness (QED) is 0.462. The highest BCUT2D eigenvalue weighted by Crippen LogP contribution is 2.25. The van der Waals surface area contributed by atoms with Crippen LogP contribution in [0, 0.1) is 18.3 Å². The third-order valence-corrected chi connectivity index (χ3v) is 4.28. The number of pyridine rings is 1. The first kappa shape index (κ1) is 20.8. The second-order valence-electron chi connectivity index (χ2n) is 6.45. The van der Waals surface area contributed by atoms with Gasteiger partial charge in [0.15, 0.2) is 6.61 Å². The SMILES string of the molecule is COCc1cc(C)nc(OCC(=O)N/N=C/c2c(O)ccc3ccccc23)c1C#N. The number of aromatic hydroxyl groups is 1. The molecule has 2 N–H and O–H groups in total. The van der Waals surface area contributed by atoms with Crippen LogP contribution in [0.1, 0.15) is 22.4 Å². The Balaban J connectivity index is 1.68. The lowest BCUT2D eigenvalue weighted by molar-refractivity contribution is -0.123. The van der Waals surface area contributed by atoms with Crippen molar-refractivity contribution in [1.82, 2.24) is 10.4 Å². The van der Waals surface area contributed by atoms with E-state index in [2.05, 4.69) is 15.5 Å². The van der Waals surface area contributed by atoms with Crippen molar-refractivity contribution in [3.8, 4) is 17.7 Å². The lowest BCUT2D eigenvalue weighted by atomic mass is 10.0. The van der Waals surface area contributed by atoms with Crippen molar-refractivity contribution >= 4 is 22.9 Å². The number of aromatic nitrogens is 1. The molecule has 3 rings (SSSR count). The summed E-state index contributed by atoms with van der Waals surface area (Å²) in [6.07, 6.45) is 1.37. The van der Waals surface area contributed by atoms with E-state index in [0.29, 0.717) is 16.8 Å². The molecule has 1 heterocycles. The van der Waals surface area contributed by atoms with Crippen LogP contribution >= 0.6 is 0 Å². The molecule has 2 aromatic carbocycles. The van der Waals surface area contributed by atoms with E-state index < -0.39 is 5.91 Å². The van der Waals surface area contributed by atoms with Crippen LogP contribution in [0.15, 0.2) is 47.6 Å². The molecule has 0 spiro atoms. The van der Waals surface area contributed by atoms with Crippen molar-refractivity contribution in [2.45, 2.75) is 13.5 Å². The van der Waals surface area contributed by atoms with Crippen molar-refractivity contribution in [3.05, 3.63) is 64.8 Å². The van der Waals surface area contributed by atoms with E-state index in [9.17, 15) is 15.2 Å². The molecule has 0 aliphatic rings. The first-order valence-corrected chi connectivity index (χ1v) is 9.08. The number of ether oxygens (including phenoxy) is 2. The van der Waals surface area contributed by atoms with Crippen molar-refractivity contribution < 1.29 is 19.4 Å². The highest BCUT2D eigenvalue weighted by atomic mass is 16.5. The summed E-state index contributed by atoms with van der Waals surface area (Å²) < 4.78 is 10.5. The van der Waals surface area contributed by atoms with E-state index in [4.69, 9.17) is 9.47 Å². The van der Waals surface area contributed by atoms with Crippen LogP contribution in [0.25, 0.3) is 10.8 Å². The second kappa shape index (κ2) is 9.49. The number of rotatable bonds is 7. The fourth-order valence-electron chi connectivity index (χ4n) is 2.96. The minimum Gasteiger partial charge on any atom is -0.507 e. The number of methoxy groups -OCH3 is 1. The maximum absolute atomic E-state index is 12.1. The van der Waals surface area contributed by atoms with Crippen molar-refractivity contribution in [2.75, 3.05) is 13.7 Å². The lowest BCUT2D eigenvalue weighted by Crippen LogP contribution is -2.25. The molecule has 152 valence electrons. The topological polar surface area (TPSA) is 117 Å². The molecule has 3 aromatic rings. The van der Waals surface area contributed by atoms with E-state index in [-0.39, 0.29) is 30.4 Å². The molecule has 8 nitrogen and oxygen atoms in total. The Morgan fingerprint density at radius 3 is 2.90 bits per heavy atom. The zero-order valence-electron chi connectivity index (χ0n) is 16.5. The summed E-state index contributed by atoms with van der Waals surface area (Å²) in [7, 11) is 1.52. The molecule has 0 aliphatic carbocycles. The van der Waals surface area contributed by atoms with Gasteiger partial charge in [0, 0.05) is 23.9 Å². The summed E-state index contributed by atoms with van der Waals surface area (Å²) in [5.74, 6) is -0.418. The standard InChI is InChI=1S/C22H20N4O4/c1-14-9-16(12-29-2)18(10-23)22(25-14)30-13-21(28)26-24-11-19-17-6-4-3-5-15(17)7-8-20(19)27/h3-9,11,27H,12-13H2,1-2H3,(H,26,28)/b24-11+. The van der Waals surface area contributed by atoms with Crippen LogP contribution in [0.2, 0.25) is 0 Å². The van der Waals surface area contributed by atoms with Gasteiger partial charge in [-0.25, -0.2) is 10.4 Å². The number of nitrogens with zero attached hydrogens (tertiary/aromatic N) is 3. The Hall–Kier alpha value is -3.96. The van der Waals surface area contributed by atoms with Gasteiger partial charge in [0.2, 0.25) is 5.88 Å². The third-order valence-electron chi connectivity index (χ3n) is 4.28. The molecule has 1 aromatic heterocycles. The molecular formula is C22H20N4O4. The second-order valence-corrected chi connectivity index (χ2v) is 6.45. The van der Waals surface area contributed by atoms with Crippen LogP contribution in [-0.2, 0) is 16.1 Å². The van der Waals surface area contributed by atoms with E-state index in [1.165, 1.54) is 13.3 Å². The average Bonchev–Trinajstić information content (AvgIpc) is 2.74. The largest absolute Gasteiger partial charge is 0.507 e. The minimum atomic E-state index is -0.536. The van der Waals surface area contributed by atoms with Crippen LogP contribution in [0.4, 0.5) is 0 Å². The number of phenolic OH excluding ortho intramolecular Hbond substituents is 1. The molecular weight excluding hydrogens is 384 g/mol. The van der Waals surface area contributed by atoms with E-state index >= 15 is 0 Å². The van der Waals surface area contributed by atoms with Gasteiger partial charge in [-0.3, -0.25) is 4.79 Å². The normalized spacial score (nSPS) is 10.8. The van der Waals surface area contributed by atoms with Gasteiger partial charge in [0.1, 0.15) is 17.4 Å². The number of nitriles is 1. The Labute approximate surface area is 173 Å². The van der Waals surface area contributed by atoms with Gasteiger partial charge in [-0.1, -0.05) is 30.3 Å². The zero-order valence-corrected chi connectivity index (χ0v) is 16.5. The van der Waals surface area contributed by atoms with Gasteiger partial charge in [-0.05, 0) is 29.8 Å². The molecule has 0 saturated carbocycles. The van der Waals surface area contributed by atoms with Crippen LogP contribution in [0.3, 0.4) is 0 Å². The summed E-state index contributed by atoms with van der Waals surface area (Å²) >= 11 is 0. The average molecular weight is 404 g/mol. The van der Waals surface area contributed by atoms with Crippen LogP contribution < -0.4 is 10.2 Å². The van der Waals surface area contributed by atoms with E-state index in [1.54, 1.807) is 25.1 Å². The fourth-order valence-corrected chi connectivity index (χ4v) is 2.96. The first-order valence-electron chi connectivity index (χ1n) is 9.08. The lowest BCUT2D eigenvalue weighted by Gasteiger charge is -2.10. The molecule has 8 heteroatoms. The molecule has 1 amide bonds. The van der Waals surface area contributed by atoms with Crippen molar-refractivity contribution in [1.29, 1.82) is 5.26 Å². The third kappa shape index (κ3) is 4.71. The van der Waals surface area contributed by atoms with Gasteiger partial charge in [-0.15, -0.1) is 0 Å². The Kier molecular flexibility index (Phi) is 6.57. The molecule has 0 atom stereocenters. The molecule has 30 heavy (non-hydrogen) atoms. The highest BCUT2D eigenvalue weighted by molar-refractivity contribution is 6.02. The molecule has 0 unspecified atom stereocenters. The number of amides is 1. The summed E-state index contributed by atoms with van der Waals surface area (Å²) in [5.41, 5.74) is 4.33. The fraction of sp³-hybridized carbons (Fsp3) is 0.182. The molecule has 0 saturated heterocycles.